The van der Waals surface area contributed by atoms with Crippen molar-refractivity contribution < 1.29 is 14.3 Å². The number of aliphatic imine (C=N–C) groups is 1. The summed E-state index contributed by atoms with van der Waals surface area (Å²) in [5.74, 6) is 2.36. The monoisotopic (exact) mass is 389 g/mol. The molecule has 0 aromatic heterocycles. The van der Waals surface area contributed by atoms with Gasteiger partial charge < -0.3 is 20.1 Å². The van der Waals surface area contributed by atoms with E-state index in [0.29, 0.717) is 13.0 Å². The van der Waals surface area contributed by atoms with Crippen LogP contribution in [0.3, 0.4) is 0 Å². The molecule has 0 heterocycles. The van der Waals surface area contributed by atoms with Crippen LogP contribution in [0.5, 0.6) is 5.75 Å². The lowest BCUT2D eigenvalue weighted by atomic mass is 10.1. The molecular weight excluding hydrogens is 354 g/mol. The molecule has 2 rings (SSSR count). The first-order chi connectivity index (χ1) is 13.6. The molecule has 2 N–H and O–H groups in total. The smallest absolute Gasteiger partial charge is 0.305 e. The van der Waals surface area contributed by atoms with Gasteiger partial charge in [-0.05, 0) is 57.1 Å². The van der Waals surface area contributed by atoms with E-state index < -0.39 is 0 Å². The largest absolute Gasteiger partial charge is 0.493 e. The Hall–Kier alpha value is -2.24. The average molecular weight is 390 g/mol. The number of methoxy groups -OCH3 is 1. The number of esters is 1. The Bertz CT molecular complexity index is 642. The van der Waals surface area contributed by atoms with E-state index in [9.17, 15) is 4.79 Å². The van der Waals surface area contributed by atoms with E-state index in [2.05, 4.69) is 47.4 Å². The molecule has 156 valence electrons. The number of benzene rings is 1. The number of aryl methyl sites for hydroxylation is 1. The fourth-order valence-electron chi connectivity index (χ4n) is 2.80. The van der Waals surface area contributed by atoms with Crippen LogP contribution in [-0.2, 0) is 16.1 Å². The molecule has 1 saturated carbocycles. The summed E-state index contributed by atoms with van der Waals surface area (Å²) in [6, 6.07) is 6.32. The van der Waals surface area contributed by atoms with Gasteiger partial charge >= 0.3 is 5.97 Å². The molecule has 28 heavy (non-hydrogen) atoms. The molecule has 0 radical (unpaired) electrons. The van der Waals surface area contributed by atoms with Crippen molar-refractivity contribution in [3.63, 3.8) is 0 Å². The first-order valence-corrected chi connectivity index (χ1v) is 10.4. The van der Waals surface area contributed by atoms with Crippen molar-refractivity contribution in [1.29, 1.82) is 0 Å². The van der Waals surface area contributed by atoms with Crippen LogP contribution in [0.1, 0.15) is 56.6 Å². The third-order valence-corrected chi connectivity index (χ3v) is 4.72. The fourth-order valence-corrected chi connectivity index (χ4v) is 2.80. The van der Waals surface area contributed by atoms with Crippen LogP contribution in [0.25, 0.3) is 0 Å². The Morgan fingerprint density at radius 3 is 2.75 bits per heavy atom. The van der Waals surface area contributed by atoms with Crippen molar-refractivity contribution in [2.75, 3.05) is 26.8 Å². The van der Waals surface area contributed by atoms with Gasteiger partial charge in [-0.2, -0.15) is 0 Å². The average Bonchev–Trinajstić information content (AvgIpc) is 3.52. The highest BCUT2D eigenvalue weighted by molar-refractivity contribution is 5.79. The maximum absolute atomic E-state index is 11.1. The Balaban J connectivity index is 1.81. The summed E-state index contributed by atoms with van der Waals surface area (Å²) < 4.78 is 10.7. The number of nitrogens with one attached hydrogen (secondary N) is 2. The number of unbranched alkanes of at least 4 members (excludes halogenated alkanes) is 2. The number of hydrogen-bond acceptors (Lipinski definition) is 4. The molecule has 0 aliphatic heterocycles. The van der Waals surface area contributed by atoms with Crippen LogP contribution in [0.15, 0.2) is 23.2 Å². The fraction of sp³-hybridized carbons (Fsp3) is 0.636. The molecule has 0 atom stereocenters. The first-order valence-electron chi connectivity index (χ1n) is 10.4. The molecule has 6 heteroatoms. The lowest BCUT2D eigenvalue weighted by Gasteiger charge is -2.13. The lowest BCUT2D eigenvalue weighted by molar-refractivity contribution is -0.140. The summed E-state index contributed by atoms with van der Waals surface area (Å²) in [4.78, 5) is 15.8. The minimum absolute atomic E-state index is 0.138. The van der Waals surface area contributed by atoms with Crippen LogP contribution >= 0.6 is 0 Å². The third-order valence-electron chi connectivity index (χ3n) is 4.72. The van der Waals surface area contributed by atoms with Gasteiger partial charge in [0.15, 0.2) is 5.96 Å². The molecule has 1 fully saturated rings. The second kappa shape index (κ2) is 12.3. The van der Waals surface area contributed by atoms with Crippen molar-refractivity contribution in [3.8, 4) is 5.75 Å². The van der Waals surface area contributed by atoms with Crippen LogP contribution in [-0.4, -0.2) is 38.7 Å². The van der Waals surface area contributed by atoms with Crippen LogP contribution < -0.4 is 15.4 Å². The quantitative estimate of drug-likeness (QED) is 0.247. The summed E-state index contributed by atoms with van der Waals surface area (Å²) in [5, 5.41) is 6.65. The SMILES string of the molecule is CCNC(=NCc1ccc(C)cc1OCC1CC1)NCCCCCC(=O)OC. The number of nitrogens with zero attached hydrogens (tertiary/aromatic N) is 1. The molecule has 0 bridgehead atoms. The van der Waals surface area contributed by atoms with Gasteiger partial charge in [-0.25, -0.2) is 4.99 Å². The predicted molar refractivity (Wildman–Crippen MR) is 113 cm³/mol. The molecule has 0 unspecified atom stereocenters. The van der Waals surface area contributed by atoms with Gasteiger partial charge in [-0.3, -0.25) is 4.79 Å². The molecule has 1 aromatic rings. The number of guanidine groups is 1. The van der Waals surface area contributed by atoms with Gasteiger partial charge in [-0.15, -0.1) is 0 Å². The third kappa shape index (κ3) is 8.63. The summed E-state index contributed by atoms with van der Waals surface area (Å²) in [6.45, 7) is 7.17. The maximum Gasteiger partial charge on any atom is 0.305 e. The van der Waals surface area contributed by atoms with Gasteiger partial charge in [0.1, 0.15) is 5.75 Å². The highest BCUT2D eigenvalue weighted by Gasteiger charge is 2.22. The van der Waals surface area contributed by atoms with E-state index in [1.165, 1.54) is 25.5 Å². The Morgan fingerprint density at radius 1 is 1.21 bits per heavy atom. The van der Waals surface area contributed by atoms with Crippen LogP contribution in [0, 0.1) is 12.8 Å². The summed E-state index contributed by atoms with van der Waals surface area (Å²) in [6.07, 6.45) is 5.88. The first kappa shape index (κ1) is 22.1. The van der Waals surface area contributed by atoms with E-state index in [-0.39, 0.29) is 5.97 Å². The molecule has 1 aromatic carbocycles. The number of ether oxygens (including phenoxy) is 2. The second-order valence-corrected chi connectivity index (χ2v) is 7.37. The highest BCUT2D eigenvalue weighted by atomic mass is 16.5. The summed E-state index contributed by atoms with van der Waals surface area (Å²) >= 11 is 0. The van der Waals surface area contributed by atoms with Crippen molar-refractivity contribution in [2.24, 2.45) is 10.9 Å². The number of carbonyl (C=O) groups excluding carboxylic acids is 1. The molecule has 6 nitrogen and oxygen atoms in total. The Kier molecular flexibility index (Phi) is 9.66. The van der Waals surface area contributed by atoms with Gasteiger partial charge in [-0.1, -0.05) is 18.6 Å². The molecular formula is C22H35N3O3. The molecule has 0 spiro atoms. The standard InChI is InChI=1S/C22H35N3O3/c1-4-23-22(24-13-7-5-6-8-21(26)27-3)25-15-19-12-9-17(2)14-20(19)28-16-18-10-11-18/h9,12,14,18H,4-8,10-11,13,15-16H2,1-3H3,(H2,23,24,25). The number of rotatable bonds is 12. The Morgan fingerprint density at radius 2 is 2.04 bits per heavy atom. The zero-order valence-electron chi connectivity index (χ0n) is 17.6. The number of carbonyl (C=O) groups is 1. The zero-order chi connectivity index (χ0) is 20.2. The van der Waals surface area contributed by atoms with Crippen molar-refractivity contribution >= 4 is 11.9 Å². The highest BCUT2D eigenvalue weighted by Crippen LogP contribution is 2.30. The van der Waals surface area contributed by atoms with E-state index in [1.807, 2.05) is 0 Å². The van der Waals surface area contributed by atoms with E-state index in [0.717, 1.165) is 62.1 Å². The van der Waals surface area contributed by atoms with Gasteiger partial charge in [0, 0.05) is 25.1 Å². The second-order valence-electron chi connectivity index (χ2n) is 7.37. The van der Waals surface area contributed by atoms with E-state index in [4.69, 9.17) is 9.73 Å². The topological polar surface area (TPSA) is 72.0 Å². The zero-order valence-corrected chi connectivity index (χ0v) is 17.6. The van der Waals surface area contributed by atoms with Crippen LogP contribution in [0.4, 0.5) is 0 Å². The number of hydrogen-bond donors (Lipinski definition) is 2. The minimum atomic E-state index is -0.138. The predicted octanol–water partition coefficient (Wildman–Crippen LogP) is 3.57. The van der Waals surface area contributed by atoms with Gasteiger partial charge in [0.2, 0.25) is 0 Å². The lowest BCUT2D eigenvalue weighted by Crippen LogP contribution is -2.37. The van der Waals surface area contributed by atoms with Crippen molar-refractivity contribution in [1.82, 2.24) is 10.6 Å². The minimum Gasteiger partial charge on any atom is -0.493 e. The van der Waals surface area contributed by atoms with Crippen LogP contribution in [0.2, 0.25) is 0 Å². The van der Waals surface area contributed by atoms with E-state index in [1.54, 1.807) is 0 Å². The molecule has 1 aliphatic carbocycles. The van der Waals surface area contributed by atoms with Gasteiger partial charge in [0.05, 0.1) is 20.3 Å². The van der Waals surface area contributed by atoms with Gasteiger partial charge in [0.25, 0.3) is 0 Å². The molecule has 1 aliphatic rings. The van der Waals surface area contributed by atoms with E-state index >= 15 is 0 Å². The maximum atomic E-state index is 11.1. The molecule has 0 amide bonds. The Labute approximate surface area is 169 Å². The molecule has 0 saturated heterocycles. The summed E-state index contributed by atoms with van der Waals surface area (Å²) in [5.41, 5.74) is 2.32. The normalized spacial score (nSPS) is 13.9. The van der Waals surface area contributed by atoms with Crippen molar-refractivity contribution in [3.05, 3.63) is 29.3 Å². The summed E-state index contributed by atoms with van der Waals surface area (Å²) in [7, 11) is 1.43. The van der Waals surface area contributed by atoms with Crippen molar-refractivity contribution in [2.45, 2.75) is 58.9 Å².